The van der Waals surface area contributed by atoms with Gasteiger partial charge in [-0.3, -0.25) is 4.79 Å². The molecule has 0 bridgehead atoms. The fraction of sp³-hybridized carbons (Fsp3) is 0.417. The molecule has 0 aliphatic carbocycles. The Labute approximate surface area is 99.6 Å². The van der Waals surface area contributed by atoms with E-state index >= 15 is 0 Å². The van der Waals surface area contributed by atoms with Gasteiger partial charge in [-0.05, 0) is 31.5 Å². The monoisotopic (exact) mass is 237 g/mol. The predicted molar refractivity (Wildman–Crippen MR) is 65.5 cm³/mol. The summed E-state index contributed by atoms with van der Waals surface area (Å²) in [5.41, 5.74) is 1.09. The molecule has 86 valence electrons. The Hall–Kier alpha value is -1.16. The molecule has 1 N–H and O–H groups in total. The van der Waals surface area contributed by atoms with Crippen molar-refractivity contribution in [3.8, 4) is 5.75 Å². The first-order valence-electron chi connectivity index (χ1n) is 5.19. The molecule has 1 aromatic carbocycles. The molecule has 1 fully saturated rings. The van der Waals surface area contributed by atoms with Gasteiger partial charge in [-0.25, -0.2) is 0 Å². The minimum Gasteiger partial charge on any atom is -0.497 e. The molecule has 0 aromatic heterocycles. The standard InChI is InChI=1S/C12H15NO2S/c1-8-11(14)13-12(2,16-8)9-4-6-10(15-3)7-5-9/h4-8H,1-3H3,(H,13,14)/t8-,12+/m1/s1. The Morgan fingerprint density at radius 2 is 2.00 bits per heavy atom. The van der Waals surface area contributed by atoms with Gasteiger partial charge >= 0.3 is 0 Å². The molecule has 1 aromatic rings. The summed E-state index contributed by atoms with van der Waals surface area (Å²) in [7, 11) is 1.64. The zero-order valence-corrected chi connectivity index (χ0v) is 10.4. The Kier molecular flexibility index (Phi) is 2.84. The third-order valence-electron chi connectivity index (χ3n) is 2.78. The number of hydrogen-bond acceptors (Lipinski definition) is 3. The number of benzene rings is 1. The van der Waals surface area contributed by atoms with E-state index in [1.165, 1.54) is 0 Å². The lowest BCUT2D eigenvalue weighted by molar-refractivity contribution is -0.120. The van der Waals surface area contributed by atoms with Crippen LogP contribution in [-0.4, -0.2) is 18.3 Å². The summed E-state index contributed by atoms with van der Waals surface area (Å²) in [5, 5.41) is 3.02. The lowest BCUT2D eigenvalue weighted by atomic mass is 10.1. The molecule has 16 heavy (non-hydrogen) atoms. The van der Waals surface area contributed by atoms with Crippen LogP contribution in [0.4, 0.5) is 0 Å². The first-order chi connectivity index (χ1) is 7.55. The number of hydrogen-bond donors (Lipinski definition) is 1. The normalized spacial score (nSPS) is 28.9. The van der Waals surface area contributed by atoms with Crippen LogP contribution in [0.25, 0.3) is 0 Å². The van der Waals surface area contributed by atoms with E-state index in [2.05, 4.69) is 5.32 Å². The van der Waals surface area contributed by atoms with Crippen LogP contribution in [0.2, 0.25) is 0 Å². The molecule has 4 heteroatoms. The smallest absolute Gasteiger partial charge is 0.234 e. The Morgan fingerprint density at radius 3 is 2.44 bits per heavy atom. The number of amides is 1. The summed E-state index contributed by atoms with van der Waals surface area (Å²) in [6.45, 7) is 3.95. The molecule has 2 rings (SSSR count). The molecule has 0 spiro atoms. The topological polar surface area (TPSA) is 38.3 Å². The van der Waals surface area contributed by atoms with Gasteiger partial charge in [0.05, 0.1) is 12.4 Å². The van der Waals surface area contributed by atoms with Crippen LogP contribution >= 0.6 is 11.8 Å². The number of carbonyl (C=O) groups excluding carboxylic acids is 1. The van der Waals surface area contributed by atoms with Crippen molar-refractivity contribution in [2.75, 3.05) is 7.11 Å². The van der Waals surface area contributed by atoms with Gasteiger partial charge in [0, 0.05) is 0 Å². The van der Waals surface area contributed by atoms with Crippen LogP contribution in [0, 0.1) is 0 Å². The Balaban J connectivity index is 2.26. The van der Waals surface area contributed by atoms with E-state index in [-0.39, 0.29) is 16.0 Å². The van der Waals surface area contributed by atoms with Crippen LogP contribution in [0.3, 0.4) is 0 Å². The van der Waals surface area contributed by atoms with Gasteiger partial charge in [0.1, 0.15) is 10.6 Å². The number of thioether (sulfide) groups is 1. The molecular weight excluding hydrogens is 222 g/mol. The lowest BCUT2D eigenvalue weighted by Gasteiger charge is -2.23. The molecule has 3 nitrogen and oxygen atoms in total. The second kappa shape index (κ2) is 4.01. The summed E-state index contributed by atoms with van der Waals surface area (Å²) in [5.74, 6) is 0.929. The maximum Gasteiger partial charge on any atom is 0.234 e. The van der Waals surface area contributed by atoms with Crippen molar-refractivity contribution in [3.05, 3.63) is 29.8 Å². The molecular formula is C12H15NO2S. The van der Waals surface area contributed by atoms with Gasteiger partial charge in [-0.15, -0.1) is 11.8 Å². The second-order valence-corrected chi connectivity index (χ2v) is 5.77. The van der Waals surface area contributed by atoms with Gasteiger partial charge in [0.2, 0.25) is 5.91 Å². The zero-order valence-electron chi connectivity index (χ0n) is 9.61. The van der Waals surface area contributed by atoms with Crippen molar-refractivity contribution in [2.45, 2.75) is 24.0 Å². The molecule has 2 atom stereocenters. The lowest BCUT2D eigenvalue weighted by Crippen LogP contribution is -2.34. The van der Waals surface area contributed by atoms with Crippen LogP contribution < -0.4 is 10.1 Å². The van der Waals surface area contributed by atoms with E-state index < -0.39 is 0 Å². The third kappa shape index (κ3) is 1.89. The van der Waals surface area contributed by atoms with Crippen molar-refractivity contribution < 1.29 is 9.53 Å². The summed E-state index contributed by atoms with van der Waals surface area (Å²) in [6.07, 6.45) is 0. The summed E-state index contributed by atoms with van der Waals surface area (Å²) >= 11 is 1.64. The second-order valence-electron chi connectivity index (χ2n) is 4.01. The van der Waals surface area contributed by atoms with E-state index in [1.807, 2.05) is 38.1 Å². The SMILES string of the molecule is COc1ccc([C@@]2(C)NC(=O)[C@@H](C)S2)cc1. The number of ether oxygens (including phenoxy) is 1. The first-order valence-corrected chi connectivity index (χ1v) is 6.07. The molecule has 0 saturated carbocycles. The van der Waals surface area contributed by atoms with Gasteiger partial charge in [0.25, 0.3) is 0 Å². The fourth-order valence-corrected chi connectivity index (χ4v) is 3.13. The largest absolute Gasteiger partial charge is 0.497 e. The first kappa shape index (κ1) is 11.3. The van der Waals surface area contributed by atoms with Gasteiger partial charge < -0.3 is 10.1 Å². The average molecular weight is 237 g/mol. The molecule has 0 unspecified atom stereocenters. The van der Waals surface area contributed by atoms with Crippen molar-refractivity contribution in [1.82, 2.24) is 5.32 Å². The number of carbonyl (C=O) groups is 1. The highest BCUT2D eigenvalue weighted by Gasteiger charge is 2.40. The third-order valence-corrected chi connectivity index (χ3v) is 4.16. The summed E-state index contributed by atoms with van der Waals surface area (Å²) in [6, 6.07) is 7.81. The maximum absolute atomic E-state index is 11.5. The molecule has 1 heterocycles. The molecule has 0 radical (unpaired) electrons. The quantitative estimate of drug-likeness (QED) is 0.856. The highest BCUT2D eigenvalue weighted by molar-refractivity contribution is 8.01. The predicted octanol–water partition coefficient (Wildman–Crippen LogP) is 2.12. The van der Waals surface area contributed by atoms with E-state index in [0.717, 1.165) is 11.3 Å². The van der Waals surface area contributed by atoms with Crippen LogP contribution in [0.1, 0.15) is 19.4 Å². The van der Waals surface area contributed by atoms with Crippen molar-refractivity contribution in [2.24, 2.45) is 0 Å². The average Bonchev–Trinajstić information content (AvgIpc) is 2.54. The van der Waals surface area contributed by atoms with Crippen molar-refractivity contribution in [1.29, 1.82) is 0 Å². The number of methoxy groups -OCH3 is 1. The highest BCUT2D eigenvalue weighted by Crippen LogP contribution is 2.41. The molecule has 1 aliphatic rings. The summed E-state index contributed by atoms with van der Waals surface area (Å²) in [4.78, 5) is 11.2. The molecule has 1 saturated heterocycles. The van der Waals surface area contributed by atoms with Crippen molar-refractivity contribution in [3.63, 3.8) is 0 Å². The Bertz CT molecular complexity index is 404. The molecule has 1 amide bonds. The minimum atomic E-state index is -0.317. The van der Waals surface area contributed by atoms with E-state index in [4.69, 9.17) is 4.74 Å². The van der Waals surface area contributed by atoms with E-state index in [1.54, 1.807) is 18.9 Å². The Morgan fingerprint density at radius 1 is 1.38 bits per heavy atom. The van der Waals surface area contributed by atoms with E-state index in [0.29, 0.717) is 0 Å². The van der Waals surface area contributed by atoms with Gasteiger partial charge in [-0.1, -0.05) is 12.1 Å². The van der Waals surface area contributed by atoms with E-state index in [9.17, 15) is 4.79 Å². The van der Waals surface area contributed by atoms with Gasteiger partial charge in [0.15, 0.2) is 0 Å². The maximum atomic E-state index is 11.5. The van der Waals surface area contributed by atoms with Crippen LogP contribution in [0.5, 0.6) is 5.75 Å². The minimum absolute atomic E-state index is 0.00658. The number of nitrogens with one attached hydrogen (secondary N) is 1. The fourth-order valence-electron chi connectivity index (χ4n) is 1.82. The summed E-state index contributed by atoms with van der Waals surface area (Å²) < 4.78 is 5.11. The molecule has 1 aliphatic heterocycles. The zero-order chi connectivity index (χ0) is 11.8. The van der Waals surface area contributed by atoms with Crippen LogP contribution in [0.15, 0.2) is 24.3 Å². The van der Waals surface area contributed by atoms with Gasteiger partial charge in [-0.2, -0.15) is 0 Å². The van der Waals surface area contributed by atoms with Crippen LogP contribution in [-0.2, 0) is 9.67 Å². The highest BCUT2D eigenvalue weighted by atomic mass is 32.2. The van der Waals surface area contributed by atoms with Crippen molar-refractivity contribution >= 4 is 17.7 Å². The number of rotatable bonds is 2.